The molecule has 1 saturated heterocycles. The first-order chi connectivity index (χ1) is 10.8. The molecule has 8 heteroatoms. The monoisotopic (exact) mass is 410 g/mol. The number of nitrogens with one attached hydrogen (secondary N) is 1. The fourth-order valence-corrected chi connectivity index (χ4v) is 4.10. The van der Waals surface area contributed by atoms with Crippen LogP contribution in [0.4, 0.5) is 0 Å². The van der Waals surface area contributed by atoms with Gasteiger partial charge in [-0.25, -0.2) is 4.98 Å². The summed E-state index contributed by atoms with van der Waals surface area (Å²) in [6.07, 6.45) is 2.02. The minimum Gasteiger partial charge on any atom is -0.349 e. The van der Waals surface area contributed by atoms with Crippen LogP contribution in [-0.4, -0.2) is 47.5 Å². The van der Waals surface area contributed by atoms with Gasteiger partial charge in [0.2, 0.25) is 0 Å². The molecule has 25 heavy (non-hydrogen) atoms. The van der Waals surface area contributed by atoms with E-state index in [9.17, 15) is 4.79 Å². The second-order valence-electron chi connectivity index (χ2n) is 7.51. The van der Waals surface area contributed by atoms with Crippen LogP contribution in [0, 0.1) is 11.8 Å². The number of likely N-dealkylation sites (tertiary alicyclic amines) is 1. The highest BCUT2D eigenvalue weighted by atomic mass is 35.5. The van der Waals surface area contributed by atoms with E-state index in [1.54, 1.807) is 0 Å². The van der Waals surface area contributed by atoms with Gasteiger partial charge in [0.1, 0.15) is 5.69 Å². The number of carbonyl (C=O) groups is 1. The Bertz CT molecular complexity index is 528. The van der Waals surface area contributed by atoms with Crippen molar-refractivity contribution in [3.05, 3.63) is 16.1 Å². The molecule has 2 unspecified atom stereocenters. The van der Waals surface area contributed by atoms with E-state index < -0.39 is 0 Å². The number of amides is 1. The van der Waals surface area contributed by atoms with E-state index in [1.165, 1.54) is 17.8 Å². The molecule has 2 heterocycles. The predicted molar refractivity (Wildman–Crippen MR) is 110 cm³/mol. The van der Waals surface area contributed by atoms with Crippen LogP contribution in [0.1, 0.15) is 49.6 Å². The van der Waals surface area contributed by atoms with Crippen molar-refractivity contribution >= 4 is 42.1 Å². The lowest BCUT2D eigenvalue weighted by Crippen LogP contribution is -2.56. The highest BCUT2D eigenvalue weighted by Crippen LogP contribution is 2.26. The predicted octanol–water partition coefficient (Wildman–Crippen LogP) is 2.97. The molecular formula is C17H32Cl2N4OS. The number of hydrogen-bond donors (Lipinski definition) is 2. The summed E-state index contributed by atoms with van der Waals surface area (Å²) in [5, 5.41) is 5.80. The fourth-order valence-electron chi connectivity index (χ4n) is 3.31. The van der Waals surface area contributed by atoms with Crippen molar-refractivity contribution in [2.45, 2.75) is 46.1 Å². The number of hydrogen-bond acceptors (Lipinski definition) is 5. The summed E-state index contributed by atoms with van der Waals surface area (Å²) in [5.41, 5.74) is 5.99. The van der Waals surface area contributed by atoms with Gasteiger partial charge in [-0.1, -0.05) is 13.8 Å². The topological polar surface area (TPSA) is 71.2 Å². The fraction of sp³-hybridized carbons (Fsp3) is 0.765. The second kappa shape index (κ2) is 10.7. The number of thiazole rings is 1. The normalized spacial score (nSPS) is 21.2. The molecule has 1 aliphatic rings. The molecule has 0 aliphatic carbocycles. The Morgan fingerprint density at radius 3 is 2.52 bits per heavy atom. The quantitative estimate of drug-likeness (QED) is 0.755. The van der Waals surface area contributed by atoms with Crippen LogP contribution in [0.5, 0.6) is 0 Å². The first kappa shape index (κ1) is 24.6. The van der Waals surface area contributed by atoms with Crippen LogP contribution < -0.4 is 11.1 Å². The highest BCUT2D eigenvalue weighted by molar-refractivity contribution is 7.09. The maximum absolute atomic E-state index is 12.3. The van der Waals surface area contributed by atoms with Gasteiger partial charge in [-0.3, -0.25) is 9.69 Å². The molecule has 0 bridgehead atoms. The zero-order chi connectivity index (χ0) is 17.0. The molecular weight excluding hydrogens is 379 g/mol. The summed E-state index contributed by atoms with van der Waals surface area (Å²) in [4.78, 5) is 19.2. The Morgan fingerprint density at radius 2 is 1.96 bits per heavy atom. The Balaban J connectivity index is 0.00000288. The van der Waals surface area contributed by atoms with E-state index in [1.807, 2.05) is 5.38 Å². The highest BCUT2D eigenvalue weighted by Gasteiger charge is 2.33. The zero-order valence-corrected chi connectivity index (χ0v) is 18.0. The second-order valence-corrected chi connectivity index (χ2v) is 8.45. The number of aromatic nitrogens is 1. The largest absolute Gasteiger partial charge is 0.349 e. The van der Waals surface area contributed by atoms with Crippen LogP contribution in [0.25, 0.3) is 0 Å². The molecule has 2 rings (SSSR count). The number of carbonyl (C=O) groups excluding carboxylic acids is 1. The first-order valence-corrected chi connectivity index (χ1v) is 9.37. The van der Waals surface area contributed by atoms with Gasteiger partial charge in [0.25, 0.3) is 5.91 Å². The van der Waals surface area contributed by atoms with Crippen molar-refractivity contribution in [3.63, 3.8) is 0 Å². The van der Waals surface area contributed by atoms with E-state index in [-0.39, 0.29) is 36.3 Å². The van der Waals surface area contributed by atoms with E-state index in [0.29, 0.717) is 30.6 Å². The first-order valence-electron chi connectivity index (χ1n) is 8.49. The standard InChI is InChI=1S/C17H30N4OS.2ClH/c1-12-7-13(2)9-21(8-12)17(3,4)11-19-16(22)14-10-23-15(20-14)5-6-18;;/h10,12-13H,5-9,11,18H2,1-4H3,(H,19,22);2*1H. The molecule has 146 valence electrons. The lowest BCUT2D eigenvalue weighted by Gasteiger charge is -2.45. The molecule has 1 fully saturated rings. The summed E-state index contributed by atoms with van der Waals surface area (Å²) in [7, 11) is 0. The van der Waals surface area contributed by atoms with Gasteiger partial charge in [-0.05, 0) is 38.6 Å². The van der Waals surface area contributed by atoms with Crippen molar-refractivity contribution in [2.24, 2.45) is 17.6 Å². The number of halogens is 2. The van der Waals surface area contributed by atoms with Crippen LogP contribution in [0.2, 0.25) is 0 Å². The molecule has 0 radical (unpaired) electrons. The third kappa shape index (κ3) is 7.02. The van der Waals surface area contributed by atoms with Crippen molar-refractivity contribution in [1.29, 1.82) is 0 Å². The van der Waals surface area contributed by atoms with Crippen molar-refractivity contribution in [2.75, 3.05) is 26.2 Å². The molecule has 3 N–H and O–H groups in total. The van der Waals surface area contributed by atoms with Gasteiger partial charge >= 0.3 is 0 Å². The number of rotatable bonds is 6. The molecule has 1 aromatic heterocycles. The minimum atomic E-state index is -0.0873. The van der Waals surface area contributed by atoms with Crippen molar-refractivity contribution in [3.8, 4) is 0 Å². The Morgan fingerprint density at radius 1 is 1.36 bits per heavy atom. The molecule has 0 aromatic carbocycles. The SMILES string of the molecule is CC1CC(C)CN(C(C)(C)CNC(=O)c2csc(CCN)n2)C1.Cl.Cl. The van der Waals surface area contributed by atoms with Crippen LogP contribution in [0.3, 0.4) is 0 Å². The molecule has 0 spiro atoms. The molecule has 2 atom stereocenters. The molecule has 1 amide bonds. The number of piperidine rings is 1. The van der Waals surface area contributed by atoms with Crippen LogP contribution in [0.15, 0.2) is 5.38 Å². The third-order valence-corrected chi connectivity index (χ3v) is 5.46. The average Bonchev–Trinajstić information content (AvgIpc) is 2.93. The van der Waals surface area contributed by atoms with Gasteiger partial charge in [-0.2, -0.15) is 0 Å². The van der Waals surface area contributed by atoms with Gasteiger partial charge in [0.05, 0.1) is 5.01 Å². The molecule has 5 nitrogen and oxygen atoms in total. The van der Waals surface area contributed by atoms with Gasteiger partial charge in [0, 0.05) is 37.0 Å². The summed E-state index contributed by atoms with van der Waals surface area (Å²) < 4.78 is 0. The van der Waals surface area contributed by atoms with Crippen molar-refractivity contribution < 1.29 is 4.79 Å². The van der Waals surface area contributed by atoms with Crippen LogP contribution in [-0.2, 0) is 6.42 Å². The Kier molecular flexibility index (Phi) is 10.5. The summed E-state index contributed by atoms with van der Waals surface area (Å²) in [5.74, 6) is 1.34. The third-order valence-electron chi connectivity index (χ3n) is 4.55. The summed E-state index contributed by atoms with van der Waals surface area (Å²) in [6, 6.07) is 0. The van der Waals surface area contributed by atoms with Gasteiger partial charge in [0.15, 0.2) is 0 Å². The molecule has 0 saturated carbocycles. The van der Waals surface area contributed by atoms with E-state index in [4.69, 9.17) is 5.73 Å². The lowest BCUT2D eigenvalue weighted by molar-refractivity contribution is 0.0444. The van der Waals surface area contributed by atoms with E-state index >= 15 is 0 Å². The number of nitrogens with two attached hydrogens (primary N) is 1. The molecule has 1 aromatic rings. The van der Waals surface area contributed by atoms with E-state index in [2.05, 4.69) is 42.9 Å². The summed E-state index contributed by atoms with van der Waals surface area (Å²) in [6.45, 7) is 12.4. The van der Waals surface area contributed by atoms with Gasteiger partial charge in [-0.15, -0.1) is 36.2 Å². The summed E-state index contributed by atoms with van der Waals surface area (Å²) >= 11 is 1.50. The molecule has 1 aliphatic heterocycles. The Labute approximate surface area is 168 Å². The maximum Gasteiger partial charge on any atom is 0.270 e. The van der Waals surface area contributed by atoms with E-state index in [0.717, 1.165) is 24.5 Å². The smallest absolute Gasteiger partial charge is 0.270 e. The Hall–Kier alpha value is -0.400. The van der Waals surface area contributed by atoms with Gasteiger partial charge < -0.3 is 11.1 Å². The zero-order valence-electron chi connectivity index (χ0n) is 15.6. The van der Waals surface area contributed by atoms with Crippen molar-refractivity contribution in [1.82, 2.24) is 15.2 Å². The average molecular weight is 411 g/mol. The minimum absolute atomic E-state index is 0. The van der Waals surface area contributed by atoms with Crippen LogP contribution >= 0.6 is 36.2 Å². The number of nitrogens with zero attached hydrogens (tertiary/aromatic N) is 2. The maximum atomic E-state index is 12.3. The lowest BCUT2D eigenvalue weighted by atomic mass is 9.88.